The fourth-order valence-corrected chi connectivity index (χ4v) is 4.81. The van der Waals surface area contributed by atoms with Crippen LogP contribution in [-0.2, 0) is 15.0 Å². The molecule has 0 aromatic heterocycles. The molecule has 0 saturated heterocycles. The summed E-state index contributed by atoms with van der Waals surface area (Å²) in [6, 6.07) is 21.4. The third-order valence-corrected chi connectivity index (χ3v) is 7.56. The summed E-state index contributed by atoms with van der Waals surface area (Å²) in [5.74, 6) is -0.924. The van der Waals surface area contributed by atoms with Gasteiger partial charge in [0.15, 0.2) is 0 Å². The van der Waals surface area contributed by atoms with Gasteiger partial charge < -0.3 is 10.6 Å². The van der Waals surface area contributed by atoms with E-state index >= 15 is 0 Å². The maximum atomic E-state index is 13.1. The second kappa shape index (κ2) is 11.4. The van der Waals surface area contributed by atoms with Gasteiger partial charge in [-0.25, -0.2) is 4.31 Å². The van der Waals surface area contributed by atoms with E-state index in [1.165, 1.54) is 14.1 Å². The van der Waals surface area contributed by atoms with Crippen molar-refractivity contribution in [3.05, 3.63) is 95.1 Å². The van der Waals surface area contributed by atoms with Gasteiger partial charge in [-0.2, -0.15) is 12.7 Å². The number of nitrogens with zero attached hydrogens (tertiary/aromatic N) is 2. The topological polar surface area (TPSA) is 98.8 Å². The van der Waals surface area contributed by atoms with Gasteiger partial charge in [-0.05, 0) is 55.7 Å². The van der Waals surface area contributed by atoms with E-state index in [0.717, 1.165) is 19.7 Å². The van der Waals surface area contributed by atoms with Crippen LogP contribution in [0.25, 0.3) is 0 Å². The highest BCUT2D eigenvalue weighted by Crippen LogP contribution is 2.26. The minimum Gasteiger partial charge on any atom is -0.345 e. The Labute approximate surface area is 213 Å². The first kappa shape index (κ1) is 26.9. The zero-order valence-electron chi connectivity index (χ0n) is 21.1. The van der Waals surface area contributed by atoms with Crippen LogP contribution in [0.1, 0.15) is 40.0 Å². The zero-order valence-corrected chi connectivity index (χ0v) is 22.0. The highest BCUT2D eigenvalue weighted by atomic mass is 32.2. The van der Waals surface area contributed by atoms with Crippen LogP contribution in [0.3, 0.4) is 0 Å². The molecule has 2 amide bonds. The van der Waals surface area contributed by atoms with Crippen LogP contribution in [0.2, 0.25) is 0 Å². The van der Waals surface area contributed by atoms with Gasteiger partial charge in [0.05, 0.1) is 23.0 Å². The van der Waals surface area contributed by atoms with Crippen molar-refractivity contribution in [1.29, 1.82) is 0 Å². The molecule has 190 valence electrons. The van der Waals surface area contributed by atoms with Crippen LogP contribution in [0, 0.1) is 13.8 Å². The molecule has 0 fully saturated rings. The fourth-order valence-electron chi connectivity index (χ4n) is 3.69. The monoisotopic (exact) mass is 508 g/mol. The zero-order chi connectivity index (χ0) is 26.5. The molecule has 0 radical (unpaired) electrons. The van der Waals surface area contributed by atoms with Gasteiger partial charge >= 0.3 is 10.2 Å². The molecule has 3 aromatic carbocycles. The van der Waals surface area contributed by atoms with E-state index < -0.39 is 22.7 Å². The molecule has 1 atom stereocenters. The molecule has 0 aliphatic rings. The van der Waals surface area contributed by atoms with Gasteiger partial charge in [-0.15, -0.1) is 0 Å². The average molecular weight is 509 g/mol. The van der Waals surface area contributed by atoms with Crippen molar-refractivity contribution < 1.29 is 18.0 Å². The van der Waals surface area contributed by atoms with Gasteiger partial charge in [0.25, 0.3) is 5.91 Å². The molecule has 3 aromatic rings. The van der Waals surface area contributed by atoms with E-state index in [4.69, 9.17) is 0 Å². The molecule has 0 bridgehead atoms. The van der Waals surface area contributed by atoms with Crippen molar-refractivity contribution >= 4 is 33.4 Å². The number of carbonyl (C=O) groups is 2. The maximum Gasteiger partial charge on any atom is 0.304 e. The summed E-state index contributed by atoms with van der Waals surface area (Å²) in [4.78, 5) is 26.1. The number of anilines is 2. The lowest BCUT2D eigenvalue weighted by Crippen LogP contribution is -2.44. The second-order valence-electron chi connectivity index (χ2n) is 8.79. The molecule has 3 rings (SSSR count). The summed E-state index contributed by atoms with van der Waals surface area (Å²) in [5.41, 5.74) is 3.52. The van der Waals surface area contributed by atoms with E-state index in [-0.39, 0.29) is 17.5 Å². The van der Waals surface area contributed by atoms with Crippen LogP contribution in [0.4, 0.5) is 11.4 Å². The number of aryl methyl sites for hydroxylation is 2. The van der Waals surface area contributed by atoms with E-state index in [2.05, 4.69) is 10.6 Å². The number of para-hydroxylation sites is 1. The lowest BCUT2D eigenvalue weighted by molar-refractivity contribution is -0.114. The summed E-state index contributed by atoms with van der Waals surface area (Å²) in [5, 5.41) is 5.67. The predicted molar refractivity (Wildman–Crippen MR) is 143 cm³/mol. The van der Waals surface area contributed by atoms with E-state index in [0.29, 0.717) is 16.9 Å². The van der Waals surface area contributed by atoms with E-state index in [1.54, 1.807) is 37.3 Å². The lowest BCUT2D eigenvalue weighted by atomic mass is 10.1. The van der Waals surface area contributed by atoms with Gasteiger partial charge in [-0.3, -0.25) is 9.59 Å². The van der Waals surface area contributed by atoms with E-state index in [1.807, 2.05) is 56.3 Å². The first-order chi connectivity index (χ1) is 17.0. The normalized spacial score (nSPS) is 12.2. The second-order valence-corrected chi connectivity index (χ2v) is 10.9. The Bertz CT molecular complexity index is 1340. The Kier molecular flexibility index (Phi) is 8.49. The largest absolute Gasteiger partial charge is 0.345 e. The van der Waals surface area contributed by atoms with Crippen LogP contribution < -0.4 is 14.9 Å². The molecular formula is C27H32N4O4S. The number of nitrogens with one attached hydrogen (secondary N) is 2. The first-order valence-electron chi connectivity index (χ1n) is 11.5. The van der Waals surface area contributed by atoms with Gasteiger partial charge in [0.2, 0.25) is 5.91 Å². The van der Waals surface area contributed by atoms with E-state index in [9.17, 15) is 18.0 Å². The molecule has 0 spiro atoms. The first-order valence-corrected chi connectivity index (χ1v) is 12.9. The molecule has 2 N–H and O–H groups in total. The average Bonchev–Trinajstić information content (AvgIpc) is 2.84. The SMILES string of the molecule is Cc1ccc(C)c(N(CC(=O)Nc2ccccc2C(=O)NC(C)c2ccccc2)S(=O)(=O)N(C)C)c1. The number of hydrogen-bond acceptors (Lipinski definition) is 4. The molecule has 8 nitrogen and oxygen atoms in total. The summed E-state index contributed by atoms with van der Waals surface area (Å²) < 4.78 is 28.4. The minimum atomic E-state index is -3.97. The minimum absolute atomic E-state index is 0.243. The highest BCUT2D eigenvalue weighted by molar-refractivity contribution is 7.90. The molecule has 0 saturated carbocycles. The Morgan fingerprint density at radius 3 is 2.22 bits per heavy atom. The quantitative estimate of drug-likeness (QED) is 0.456. The van der Waals surface area contributed by atoms with Crippen LogP contribution in [0.15, 0.2) is 72.8 Å². The van der Waals surface area contributed by atoms with Gasteiger partial charge in [0.1, 0.15) is 6.54 Å². The molecule has 0 aliphatic carbocycles. The Hall–Kier alpha value is -3.69. The Morgan fingerprint density at radius 2 is 1.56 bits per heavy atom. The van der Waals surface area contributed by atoms with Crippen LogP contribution in [0.5, 0.6) is 0 Å². The van der Waals surface area contributed by atoms with Crippen molar-refractivity contribution in [2.45, 2.75) is 26.8 Å². The fraction of sp³-hybridized carbons (Fsp3) is 0.259. The van der Waals surface area contributed by atoms with Crippen molar-refractivity contribution in [2.24, 2.45) is 0 Å². The van der Waals surface area contributed by atoms with Crippen molar-refractivity contribution in [2.75, 3.05) is 30.3 Å². The number of carbonyl (C=O) groups excluding carboxylic acids is 2. The summed E-state index contributed by atoms with van der Waals surface area (Å²) in [6.07, 6.45) is 0. The molecule has 9 heteroatoms. The Morgan fingerprint density at radius 1 is 0.917 bits per heavy atom. The van der Waals surface area contributed by atoms with Crippen molar-refractivity contribution in [3.63, 3.8) is 0 Å². The predicted octanol–water partition coefficient (Wildman–Crippen LogP) is 4.05. The third kappa shape index (κ3) is 6.30. The standard InChI is InChI=1S/C27H32N4O4S/c1-19-15-16-20(2)25(17-19)31(36(34,35)30(4)5)18-26(32)29-24-14-10-9-13-23(24)27(33)28-21(3)22-11-7-6-8-12-22/h6-17,21H,18H2,1-5H3,(H,28,33)(H,29,32). The molecular weight excluding hydrogens is 476 g/mol. The van der Waals surface area contributed by atoms with Crippen molar-refractivity contribution in [3.8, 4) is 0 Å². The number of amides is 2. The molecule has 1 unspecified atom stereocenters. The van der Waals surface area contributed by atoms with Gasteiger partial charge in [-0.1, -0.05) is 54.6 Å². The Balaban J connectivity index is 1.84. The summed E-state index contributed by atoms with van der Waals surface area (Å²) in [6.45, 7) is 5.07. The third-order valence-electron chi connectivity index (χ3n) is 5.75. The number of benzene rings is 3. The number of rotatable bonds is 9. The summed E-state index contributed by atoms with van der Waals surface area (Å²) >= 11 is 0. The van der Waals surface area contributed by atoms with Crippen molar-refractivity contribution in [1.82, 2.24) is 9.62 Å². The maximum absolute atomic E-state index is 13.1. The van der Waals surface area contributed by atoms with Gasteiger partial charge in [0, 0.05) is 14.1 Å². The molecule has 0 aliphatic heterocycles. The van der Waals surface area contributed by atoms with Crippen LogP contribution in [-0.4, -0.2) is 45.2 Å². The lowest BCUT2D eigenvalue weighted by Gasteiger charge is -2.28. The molecule has 0 heterocycles. The highest BCUT2D eigenvalue weighted by Gasteiger charge is 2.29. The number of hydrogen-bond donors (Lipinski definition) is 2. The summed E-state index contributed by atoms with van der Waals surface area (Å²) in [7, 11) is -1.13. The molecule has 36 heavy (non-hydrogen) atoms. The smallest absolute Gasteiger partial charge is 0.304 e. The van der Waals surface area contributed by atoms with Crippen LogP contribution >= 0.6 is 0 Å².